The molecule has 2 N–H and O–H groups in total. The Hall–Kier alpha value is -2.24. The molecule has 4 rings (SSSR count). The Labute approximate surface area is 158 Å². The number of hydrogen-bond donors (Lipinski definition) is 2. The lowest BCUT2D eigenvalue weighted by atomic mass is 9.70. The molecule has 2 aromatic rings. The zero-order valence-corrected chi connectivity index (χ0v) is 15.1. The highest BCUT2D eigenvalue weighted by atomic mass is 19.1. The molecule has 142 valence electrons. The lowest BCUT2D eigenvalue weighted by Crippen LogP contribution is -2.46. The van der Waals surface area contributed by atoms with Crippen LogP contribution in [0.3, 0.4) is 0 Å². The molecule has 2 aliphatic rings. The van der Waals surface area contributed by atoms with E-state index in [0.29, 0.717) is 18.5 Å². The number of fused-ring (bicyclic) bond motifs is 2. The van der Waals surface area contributed by atoms with Gasteiger partial charge in [-0.25, -0.2) is 4.39 Å². The first-order valence-electron chi connectivity index (χ1n) is 9.56. The minimum atomic E-state index is -1.13. The van der Waals surface area contributed by atoms with Crippen LogP contribution in [-0.2, 0) is 10.2 Å². The molecular weight excluding hydrogens is 345 g/mol. The summed E-state index contributed by atoms with van der Waals surface area (Å²) in [6.45, 7) is -0.465. The third kappa shape index (κ3) is 2.86. The summed E-state index contributed by atoms with van der Waals surface area (Å²) in [4.78, 5) is 15.3. The molecule has 1 aliphatic heterocycles. The Balaban J connectivity index is 1.88. The lowest BCUT2D eigenvalue weighted by Gasteiger charge is -2.36. The zero-order chi connectivity index (χ0) is 19.0. The molecule has 1 amide bonds. The van der Waals surface area contributed by atoms with Gasteiger partial charge in [-0.1, -0.05) is 49.6 Å². The Morgan fingerprint density at radius 3 is 2.44 bits per heavy atom. The number of rotatable bonds is 4. The minimum absolute atomic E-state index is 0.0934. The number of carbonyl (C=O) groups is 1. The number of anilines is 1. The predicted octanol–water partition coefficient (Wildman–Crippen LogP) is 3.47. The number of nitrogens with zero attached hydrogens (tertiary/aromatic N) is 1. The molecule has 1 saturated carbocycles. The lowest BCUT2D eigenvalue weighted by molar-refractivity contribution is -0.125. The molecule has 1 aliphatic carbocycles. The molecule has 5 heteroatoms. The van der Waals surface area contributed by atoms with Crippen molar-refractivity contribution in [1.29, 1.82) is 0 Å². The summed E-state index contributed by atoms with van der Waals surface area (Å²) >= 11 is 0. The van der Waals surface area contributed by atoms with Crippen molar-refractivity contribution in [3.8, 4) is 0 Å². The third-order valence-corrected chi connectivity index (χ3v) is 6.04. The van der Waals surface area contributed by atoms with Crippen LogP contribution in [0.5, 0.6) is 0 Å². The summed E-state index contributed by atoms with van der Waals surface area (Å²) in [5, 5.41) is 20.3. The van der Waals surface area contributed by atoms with E-state index >= 15 is 0 Å². The number of aliphatic hydroxyl groups is 2. The average Bonchev–Trinajstić information content (AvgIpc) is 2.92. The molecule has 0 unspecified atom stereocenters. The monoisotopic (exact) mass is 369 g/mol. The van der Waals surface area contributed by atoms with Crippen LogP contribution in [0, 0.1) is 5.82 Å². The van der Waals surface area contributed by atoms with E-state index in [0.717, 1.165) is 30.4 Å². The van der Waals surface area contributed by atoms with Crippen LogP contribution in [-0.4, -0.2) is 28.8 Å². The maximum atomic E-state index is 14.1. The van der Waals surface area contributed by atoms with Crippen molar-refractivity contribution in [1.82, 2.24) is 0 Å². The van der Waals surface area contributed by atoms with E-state index < -0.39 is 24.2 Å². The van der Waals surface area contributed by atoms with Gasteiger partial charge in [0, 0.05) is 5.69 Å². The van der Waals surface area contributed by atoms with Crippen molar-refractivity contribution >= 4 is 11.6 Å². The second-order valence-electron chi connectivity index (χ2n) is 7.58. The van der Waals surface area contributed by atoms with E-state index in [-0.39, 0.29) is 11.7 Å². The average molecular weight is 369 g/mol. The molecule has 0 aromatic heterocycles. The normalized spacial score (nSPS) is 20.6. The van der Waals surface area contributed by atoms with Gasteiger partial charge in [0.2, 0.25) is 5.91 Å². The van der Waals surface area contributed by atoms with Crippen LogP contribution in [0.2, 0.25) is 0 Å². The fourth-order valence-corrected chi connectivity index (χ4v) is 4.76. The molecule has 1 spiro atoms. The summed E-state index contributed by atoms with van der Waals surface area (Å²) in [7, 11) is 0. The smallest absolute Gasteiger partial charge is 0.238 e. The molecule has 4 nitrogen and oxygen atoms in total. The van der Waals surface area contributed by atoms with Crippen molar-refractivity contribution < 1.29 is 19.4 Å². The largest absolute Gasteiger partial charge is 0.394 e. The second-order valence-corrected chi connectivity index (χ2v) is 7.58. The first kappa shape index (κ1) is 18.1. The Kier molecular flexibility index (Phi) is 4.74. The molecular formula is C22H24FNO3. The quantitative estimate of drug-likeness (QED) is 0.868. The van der Waals surface area contributed by atoms with Crippen LogP contribution < -0.4 is 4.90 Å². The molecule has 0 saturated heterocycles. The highest BCUT2D eigenvalue weighted by molar-refractivity contribution is 6.08. The van der Waals surface area contributed by atoms with E-state index in [1.54, 1.807) is 11.0 Å². The van der Waals surface area contributed by atoms with Gasteiger partial charge >= 0.3 is 0 Å². The van der Waals surface area contributed by atoms with E-state index in [4.69, 9.17) is 0 Å². The highest BCUT2D eigenvalue weighted by Crippen LogP contribution is 2.52. The first-order valence-corrected chi connectivity index (χ1v) is 9.56. The van der Waals surface area contributed by atoms with Gasteiger partial charge < -0.3 is 15.1 Å². The number of halogens is 1. The van der Waals surface area contributed by atoms with Crippen molar-refractivity contribution in [2.24, 2.45) is 0 Å². The maximum Gasteiger partial charge on any atom is 0.238 e. The SMILES string of the molecule is O=C1N([C@@H](c2ccccc2)[C@H](O)CO)c2ccc(F)cc2C12CCCCC2. The van der Waals surface area contributed by atoms with Gasteiger partial charge in [-0.15, -0.1) is 0 Å². The van der Waals surface area contributed by atoms with Crippen molar-refractivity contribution in [3.63, 3.8) is 0 Å². The zero-order valence-electron chi connectivity index (χ0n) is 15.1. The van der Waals surface area contributed by atoms with Gasteiger partial charge in [0.25, 0.3) is 0 Å². The van der Waals surface area contributed by atoms with Gasteiger partial charge in [-0.05, 0) is 42.2 Å². The van der Waals surface area contributed by atoms with Gasteiger partial charge in [-0.2, -0.15) is 0 Å². The molecule has 1 heterocycles. The fourth-order valence-electron chi connectivity index (χ4n) is 4.76. The number of amides is 1. The van der Waals surface area contributed by atoms with Crippen LogP contribution in [0.15, 0.2) is 48.5 Å². The van der Waals surface area contributed by atoms with Crippen molar-refractivity contribution in [2.45, 2.75) is 49.7 Å². The second kappa shape index (κ2) is 7.06. The Morgan fingerprint density at radius 1 is 1.07 bits per heavy atom. The first-order chi connectivity index (χ1) is 13.1. The van der Waals surface area contributed by atoms with Gasteiger partial charge in [-0.3, -0.25) is 4.79 Å². The standard InChI is InChI=1S/C22H24FNO3/c23-16-9-10-18-17(13-16)22(11-5-2-6-12-22)21(27)24(18)20(19(26)14-25)15-7-3-1-4-8-15/h1,3-4,7-10,13,19-20,25-26H,2,5-6,11-12,14H2/t19-,20+/m1/s1. The van der Waals surface area contributed by atoms with Crippen molar-refractivity contribution in [3.05, 3.63) is 65.5 Å². The number of hydrogen-bond acceptors (Lipinski definition) is 3. The number of benzene rings is 2. The topological polar surface area (TPSA) is 60.8 Å². The molecule has 0 bridgehead atoms. The highest BCUT2D eigenvalue weighted by Gasteiger charge is 2.53. The minimum Gasteiger partial charge on any atom is -0.394 e. The van der Waals surface area contributed by atoms with E-state index in [1.807, 2.05) is 30.3 Å². The molecule has 1 fully saturated rings. The van der Waals surface area contributed by atoms with Gasteiger partial charge in [0.15, 0.2) is 0 Å². The van der Waals surface area contributed by atoms with E-state index in [1.165, 1.54) is 12.1 Å². The van der Waals surface area contributed by atoms with Gasteiger partial charge in [0.1, 0.15) is 11.9 Å². The molecule has 27 heavy (non-hydrogen) atoms. The molecule has 2 aromatic carbocycles. The number of aliphatic hydroxyl groups excluding tert-OH is 2. The summed E-state index contributed by atoms with van der Waals surface area (Å²) in [5.41, 5.74) is 1.39. The molecule has 0 radical (unpaired) electrons. The number of carbonyl (C=O) groups excluding carboxylic acids is 1. The summed E-state index contributed by atoms with van der Waals surface area (Å²) < 4.78 is 14.1. The molecule has 2 atom stereocenters. The summed E-state index contributed by atoms with van der Waals surface area (Å²) in [6, 6.07) is 13.0. The summed E-state index contributed by atoms with van der Waals surface area (Å²) in [5.74, 6) is -0.448. The van der Waals surface area contributed by atoms with Crippen LogP contribution in [0.25, 0.3) is 0 Å². The van der Waals surface area contributed by atoms with Crippen LogP contribution >= 0.6 is 0 Å². The van der Waals surface area contributed by atoms with E-state index in [9.17, 15) is 19.4 Å². The maximum absolute atomic E-state index is 14.1. The summed E-state index contributed by atoms with van der Waals surface area (Å²) in [6.07, 6.45) is 3.17. The van der Waals surface area contributed by atoms with Crippen LogP contribution in [0.1, 0.15) is 49.3 Å². The fraction of sp³-hybridized carbons (Fsp3) is 0.409. The van der Waals surface area contributed by atoms with Crippen LogP contribution in [0.4, 0.5) is 10.1 Å². The van der Waals surface area contributed by atoms with Gasteiger partial charge in [0.05, 0.1) is 18.1 Å². The van der Waals surface area contributed by atoms with Crippen molar-refractivity contribution in [2.75, 3.05) is 11.5 Å². The Bertz CT molecular complexity index is 833. The third-order valence-electron chi connectivity index (χ3n) is 6.04. The predicted molar refractivity (Wildman–Crippen MR) is 101 cm³/mol. The Morgan fingerprint density at radius 2 is 1.78 bits per heavy atom. The van der Waals surface area contributed by atoms with E-state index in [2.05, 4.69) is 0 Å².